The number of nitrogens with zero attached hydrogens (tertiary/aromatic N) is 2. The van der Waals surface area contributed by atoms with Crippen LogP contribution in [0.1, 0.15) is 47.0 Å². The highest BCUT2D eigenvalue weighted by atomic mass is 32.2. The maximum absolute atomic E-state index is 11.4. The van der Waals surface area contributed by atoms with E-state index in [0.717, 1.165) is 43.9 Å². The molecule has 0 aromatic rings. The third kappa shape index (κ3) is 8.01. The molecule has 0 aromatic carbocycles. The van der Waals surface area contributed by atoms with Crippen LogP contribution in [0.25, 0.3) is 0 Å². The van der Waals surface area contributed by atoms with Gasteiger partial charge >= 0.3 is 0 Å². The average molecular weight is 347 g/mol. The largest absolute Gasteiger partial charge is 0.357 e. The van der Waals surface area contributed by atoms with Gasteiger partial charge in [0.25, 0.3) is 0 Å². The lowest BCUT2D eigenvalue weighted by atomic mass is 9.97. The van der Waals surface area contributed by atoms with Crippen molar-refractivity contribution >= 4 is 16.0 Å². The van der Waals surface area contributed by atoms with Gasteiger partial charge in [-0.15, -0.1) is 0 Å². The van der Waals surface area contributed by atoms with Crippen molar-refractivity contribution in [1.29, 1.82) is 0 Å². The zero-order valence-corrected chi connectivity index (χ0v) is 16.0. The van der Waals surface area contributed by atoms with Gasteiger partial charge in [0.05, 0.1) is 5.75 Å². The second-order valence-corrected chi connectivity index (χ2v) is 8.71. The lowest BCUT2D eigenvalue weighted by Gasteiger charge is -2.22. The van der Waals surface area contributed by atoms with Crippen LogP contribution in [0.4, 0.5) is 0 Å². The third-order valence-corrected chi connectivity index (χ3v) is 5.43. The molecule has 1 fully saturated rings. The highest BCUT2D eigenvalue weighted by molar-refractivity contribution is 7.89. The summed E-state index contributed by atoms with van der Waals surface area (Å²) in [6.07, 6.45) is 3.23. The van der Waals surface area contributed by atoms with Crippen molar-refractivity contribution in [2.45, 2.75) is 47.0 Å². The summed E-state index contributed by atoms with van der Waals surface area (Å²) in [5.41, 5.74) is 0. The molecule has 1 atom stereocenters. The summed E-state index contributed by atoms with van der Waals surface area (Å²) in [5.74, 6) is 2.60. The number of hydrogen-bond acceptors (Lipinski definition) is 3. The molecule has 0 aromatic heterocycles. The molecule has 1 heterocycles. The second-order valence-electron chi connectivity index (χ2n) is 6.62. The molecule has 1 aliphatic heterocycles. The first-order chi connectivity index (χ1) is 10.9. The molecule has 0 radical (unpaired) electrons. The van der Waals surface area contributed by atoms with E-state index in [1.54, 1.807) is 6.92 Å². The van der Waals surface area contributed by atoms with Gasteiger partial charge in [0.15, 0.2) is 5.96 Å². The summed E-state index contributed by atoms with van der Waals surface area (Å²) in [7, 11) is -3.09. The Labute approximate surface area is 142 Å². The first kappa shape index (κ1) is 20.2. The van der Waals surface area contributed by atoms with Gasteiger partial charge in [-0.2, -0.15) is 0 Å². The first-order valence-corrected chi connectivity index (χ1v) is 10.5. The number of guanidine groups is 1. The molecule has 1 aliphatic rings. The van der Waals surface area contributed by atoms with Crippen molar-refractivity contribution in [2.24, 2.45) is 16.8 Å². The van der Waals surface area contributed by atoms with Crippen molar-refractivity contribution in [1.82, 2.24) is 14.9 Å². The Morgan fingerprint density at radius 2 is 2.09 bits per heavy atom. The van der Waals surface area contributed by atoms with Gasteiger partial charge in [-0.1, -0.05) is 13.8 Å². The monoisotopic (exact) mass is 346 g/mol. The molecule has 2 N–H and O–H groups in total. The summed E-state index contributed by atoms with van der Waals surface area (Å²) in [6.45, 7) is 12.4. The maximum atomic E-state index is 11.4. The molecular weight excluding hydrogens is 312 g/mol. The van der Waals surface area contributed by atoms with Gasteiger partial charge in [-0.25, -0.2) is 13.1 Å². The first-order valence-electron chi connectivity index (χ1n) is 8.88. The van der Waals surface area contributed by atoms with E-state index < -0.39 is 10.0 Å². The summed E-state index contributed by atoms with van der Waals surface area (Å²) in [4.78, 5) is 6.99. The van der Waals surface area contributed by atoms with Gasteiger partial charge in [0, 0.05) is 32.7 Å². The number of sulfonamides is 1. The molecule has 1 saturated heterocycles. The molecule has 7 heteroatoms. The number of hydrogen-bond donors (Lipinski definition) is 2. The predicted octanol–water partition coefficient (Wildman–Crippen LogP) is 1.65. The summed E-state index contributed by atoms with van der Waals surface area (Å²) < 4.78 is 25.3. The van der Waals surface area contributed by atoms with E-state index in [1.165, 1.54) is 12.8 Å². The molecule has 1 rings (SSSR count). The highest BCUT2D eigenvalue weighted by Crippen LogP contribution is 2.23. The molecule has 0 amide bonds. The number of likely N-dealkylation sites (tertiary alicyclic amines) is 1. The zero-order chi connectivity index (χ0) is 17.3. The van der Waals surface area contributed by atoms with Crippen LogP contribution in [0.15, 0.2) is 4.99 Å². The highest BCUT2D eigenvalue weighted by Gasteiger charge is 2.25. The van der Waals surface area contributed by atoms with Crippen molar-refractivity contribution in [3.8, 4) is 0 Å². The van der Waals surface area contributed by atoms with E-state index in [-0.39, 0.29) is 5.75 Å². The Bertz CT molecular complexity index is 463. The van der Waals surface area contributed by atoms with Gasteiger partial charge in [-0.05, 0) is 44.9 Å². The smallest absolute Gasteiger partial charge is 0.211 e. The summed E-state index contributed by atoms with van der Waals surface area (Å²) >= 11 is 0. The lowest BCUT2D eigenvalue weighted by Crippen LogP contribution is -2.40. The number of aliphatic imine (C=N–C) groups is 1. The topological polar surface area (TPSA) is 73.8 Å². The minimum Gasteiger partial charge on any atom is -0.357 e. The van der Waals surface area contributed by atoms with Crippen LogP contribution in [0.3, 0.4) is 0 Å². The normalized spacial score (nSPS) is 19.6. The molecular formula is C16H34N4O2S. The Hall–Kier alpha value is -0.820. The molecule has 0 saturated carbocycles. The maximum Gasteiger partial charge on any atom is 0.211 e. The van der Waals surface area contributed by atoms with Crippen molar-refractivity contribution in [2.75, 3.05) is 38.5 Å². The van der Waals surface area contributed by atoms with Crippen molar-refractivity contribution in [3.05, 3.63) is 0 Å². The zero-order valence-electron chi connectivity index (χ0n) is 15.1. The lowest BCUT2D eigenvalue weighted by molar-refractivity contribution is 0.403. The van der Waals surface area contributed by atoms with E-state index in [2.05, 4.69) is 40.7 Å². The van der Waals surface area contributed by atoms with Gasteiger partial charge in [-0.3, -0.25) is 4.99 Å². The van der Waals surface area contributed by atoms with Crippen LogP contribution in [0.2, 0.25) is 0 Å². The second kappa shape index (κ2) is 10.1. The van der Waals surface area contributed by atoms with E-state index in [9.17, 15) is 8.42 Å². The standard InChI is InChI=1S/C16H34N4O2S/c1-5-17-16(18-9-7-10-19-23(21,22)6-2)20-11-8-15(13-20)12-14(3)4/h14-15,19H,5-13H2,1-4H3,(H,17,18). The van der Waals surface area contributed by atoms with Gasteiger partial charge in [0.2, 0.25) is 10.0 Å². The molecule has 0 bridgehead atoms. The predicted molar refractivity (Wildman–Crippen MR) is 97.2 cm³/mol. The van der Waals surface area contributed by atoms with Gasteiger partial charge < -0.3 is 10.2 Å². The number of nitrogens with one attached hydrogen (secondary N) is 2. The van der Waals surface area contributed by atoms with E-state index >= 15 is 0 Å². The Morgan fingerprint density at radius 3 is 2.70 bits per heavy atom. The molecule has 136 valence electrons. The Morgan fingerprint density at radius 1 is 1.35 bits per heavy atom. The van der Waals surface area contributed by atoms with Crippen LogP contribution in [-0.2, 0) is 10.0 Å². The fourth-order valence-electron chi connectivity index (χ4n) is 2.90. The van der Waals surface area contributed by atoms with Crippen molar-refractivity contribution in [3.63, 3.8) is 0 Å². The Kier molecular flexibility index (Phi) is 8.91. The SMILES string of the molecule is CCNC(=NCCCNS(=O)(=O)CC)N1CCC(CC(C)C)C1. The van der Waals surface area contributed by atoms with Crippen LogP contribution >= 0.6 is 0 Å². The quantitative estimate of drug-likeness (QED) is 0.378. The number of rotatable bonds is 9. The van der Waals surface area contributed by atoms with Crippen LogP contribution in [-0.4, -0.2) is 57.8 Å². The molecule has 0 aliphatic carbocycles. The Balaban J connectivity index is 2.42. The molecule has 6 nitrogen and oxygen atoms in total. The van der Waals surface area contributed by atoms with E-state index in [1.807, 2.05) is 0 Å². The van der Waals surface area contributed by atoms with Crippen LogP contribution in [0.5, 0.6) is 0 Å². The summed E-state index contributed by atoms with van der Waals surface area (Å²) in [5, 5.41) is 3.35. The molecule has 0 spiro atoms. The minimum absolute atomic E-state index is 0.129. The minimum atomic E-state index is -3.09. The van der Waals surface area contributed by atoms with Gasteiger partial charge in [0.1, 0.15) is 0 Å². The van der Waals surface area contributed by atoms with Crippen molar-refractivity contribution < 1.29 is 8.42 Å². The van der Waals surface area contributed by atoms with Crippen LogP contribution < -0.4 is 10.0 Å². The van der Waals surface area contributed by atoms with E-state index in [0.29, 0.717) is 13.1 Å². The average Bonchev–Trinajstić information content (AvgIpc) is 2.93. The van der Waals surface area contributed by atoms with Crippen LogP contribution in [0, 0.1) is 11.8 Å². The molecule has 23 heavy (non-hydrogen) atoms. The fourth-order valence-corrected chi connectivity index (χ4v) is 3.56. The summed E-state index contributed by atoms with van der Waals surface area (Å²) in [6, 6.07) is 0. The third-order valence-electron chi connectivity index (χ3n) is 4.02. The fraction of sp³-hybridized carbons (Fsp3) is 0.938. The molecule has 1 unspecified atom stereocenters. The van der Waals surface area contributed by atoms with E-state index in [4.69, 9.17) is 0 Å².